The quantitative estimate of drug-likeness (QED) is 0.515. The molecule has 0 bridgehead atoms. The number of halogens is 2. The van der Waals surface area contributed by atoms with E-state index in [-0.39, 0.29) is 11.6 Å². The third-order valence-corrected chi connectivity index (χ3v) is 4.93. The summed E-state index contributed by atoms with van der Waals surface area (Å²) in [4.78, 5) is 14.3. The van der Waals surface area contributed by atoms with E-state index in [9.17, 15) is 9.90 Å². The minimum Gasteiger partial charge on any atom is -0.493 e. The molecule has 3 aromatic rings. The molecule has 0 saturated carbocycles. The second kappa shape index (κ2) is 7.69. The van der Waals surface area contributed by atoms with Crippen LogP contribution in [0.1, 0.15) is 10.4 Å². The van der Waals surface area contributed by atoms with Gasteiger partial charge >= 0.3 is 0 Å². The highest BCUT2D eigenvalue weighted by Gasteiger charge is 2.18. The van der Waals surface area contributed by atoms with Crippen LogP contribution in [0.5, 0.6) is 5.88 Å². The Morgan fingerprint density at radius 1 is 1.19 bits per heavy atom. The topological polar surface area (TPSA) is 70.2 Å². The third-order valence-electron chi connectivity index (χ3n) is 3.74. The first-order valence-corrected chi connectivity index (χ1v) is 9.33. The van der Waals surface area contributed by atoms with Crippen molar-refractivity contribution in [2.45, 2.75) is 6.67 Å². The van der Waals surface area contributed by atoms with Crippen LogP contribution in [-0.2, 0) is 6.67 Å². The van der Waals surface area contributed by atoms with Crippen molar-refractivity contribution in [1.82, 2.24) is 9.47 Å². The Morgan fingerprint density at radius 3 is 2.62 bits per heavy atom. The van der Waals surface area contributed by atoms with Crippen molar-refractivity contribution in [3.8, 4) is 5.88 Å². The summed E-state index contributed by atoms with van der Waals surface area (Å²) in [5, 5.41) is 19.2. The summed E-state index contributed by atoms with van der Waals surface area (Å²) in [5.74, 6) is -0.518. The molecule has 1 N–H and O–H groups in total. The molecule has 1 amide bonds. The first-order valence-electron chi connectivity index (χ1n) is 7.74. The van der Waals surface area contributed by atoms with Crippen LogP contribution in [0.3, 0.4) is 0 Å². The van der Waals surface area contributed by atoms with Gasteiger partial charge < -0.3 is 5.11 Å². The molecule has 0 aliphatic carbocycles. The molecule has 0 fully saturated rings. The van der Waals surface area contributed by atoms with Crippen molar-refractivity contribution < 1.29 is 9.90 Å². The molecule has 0 aliphatic heterocycles. The Labute approximate surface area is 167 Å². The van der Waals surface area contributed by atoms with Gasteiger partial charge in [-0.1, -0.05) is 28.1 Å². The summed E-state index contributed by atoms with van der Waals surface area (Å²) >= 11 is 6.76. The number of carbonyl (C=O) groups excluding carboxylic acids is 1. The monoisotopic (exact) mass is 478 g/mol. The number of azo groups is 1. The molecule has 1 heterocycles. The molecule has 3 rings (SSSR count). The van der Waals surface area contributed by atoms with Crippen LogP contribution in [0, 0.1) is 0 Å². The first-order chi connectivity index (χ1) is 12.4. The van der Waals surface area contributed by atoms with Crippen LogP contribution in [0.15, 0.2) is 61.6 Å². The van der Waals surface area contributed by atoms with Gasteiger partial charge in [0.05, 0.1) is 17.7 Å². The Kier molecular flexibility index (Phi) is 5.55. The van der Waals surface area contributed by atoms with Gasteiger partial charge in [0.1, 0.15) is 0 Å². The van der Waals surface area contributed by atoms with Crippen molar-refractivity contribution in [2.75, 3.05) is 14.1 Å². The van der Waals surface area contributed by atoms with Gasteiger partial charge in [0.15, 0.2) is 5.69 Å². The van der Waals surface area contributed by atoms with Gasteiger partial charge in [-0.2, -0.15) is 0 Å². The number of aromatic hydroxyl groups is 1. The van der Waals surface area contributed by atoms with Crippen molar-refractivity contribution >= 4 is 54.4 Å². The van der Waals surface area contributed by atoms with Gasteiger partial charge in [-0.25, -0.2) is 0 Å². The van der Waals surface area contributed by atoms with Crippen LogP contribution >= 0.6 is 31.9 Å². The van der Waals surface area contributed by atoms with E-state index in [1.54, 1.807) is 22.8 Å². The smallest absolute Gasteiger partial charge is 0.296 e. The Balaban J connectivity index is 2.07. The largest absolute Gasteiger partial charge is 0.493 e. The summed E-state index contributed by atoms with van der Waals surface area (Å²) in [6, 6.07) is 12.6. The Hall–Kier alpha value is -2.03. The molecule has 0 unspecified atom stereocenters. The zero-order valence-electron chi connectivity index (χ0n) is 14.1. The zero-order valence-corrected chi connectivity index (χ0v) is 17.3. The van der Waals surface area contributed by atoms with Gasteiger partial charge in [0.2, 0.25) is 5.88 Å². The summed E-state index contributed by atoms with van der Waals surface area (Å²) in [6.45, 7) is 0.470. The normalized spacial score (nSPS) is 11.7. The van der Waals surface area contributed by atoms with E-state index in [0.717, 1.165) is 9.99 Å². The van der Waals surface area contributed by atoms with E-state index in [1.807, 2.05) is 43.3 Å². The van der Waals surface area contributed by atoms with Crippen LogP contribution in [0.25, 0.3) is 10.9 Å². The highest BCUT2D eigenvalue weighted by Crippen LogP contribution is 2.40. The molecular weight excluding hydrogens is 464 g/mol. The second-order valence-electron chi connectivity index (χ2n) is 5.97. The predicted molar refractivity (Wildman–Crippen MR) is 108 cm³/mol. The number of amides is 1. The molecule has 0 aliphatic rings. The number of nitrogens with zero attached hydrogens (tertiary/aromatic N) is 4. The number of aromatic nitrogens is 1. The third kappa shape index (κ3) is 3.72. The lowest BCUT2D eigenvalue weighted by Gasteiger charge is -2.13. The Morgan fingerprint density at radius 2 is 1.92 bits per heavy atom. The number of benzene rings is 2. The molecule has 2 aromatic carbocycles. The molecule has 0 atom stereocenters. The maximum Gasteiger partial charge on any atom is 0.296 e. The fourth-order valence-electron chi connectivity index (χ4n) is 2.60. The average molecular weight is 480 g/mol. The molecule has 0 radical (unpaired) electrons. The van der Waals surface area contributed by atoms with E-state index in [4.69, 9.17) is 0 Å². The lowest BCUT2D eigenvalue weighted by molar-refractivity contribution is 0.0994. The van der Waals surface area contributed by atoms with Crippen molar-refractivity contribution in [1.29, 1.82) is 0 Å². The van der Waals surface area contributed by atoms with E-state index in [0.29, 0.717) is 22.1 Å². The lowest BCUT2D eigenvalue weighted by Crippen LogP contribution is -2.16. The van der Waals surface area contributed by atoms with E-state index in [1.165, 1.54) is 0 Å². The first kappa shape index (κ1) is 18.8. The number of hydrogen-bond donors (Lipinski definition) is 1. The van der Waals surface area contributed by atoms with Crippen molar-refractivity contribution in [2.24, 2.45) is 10.2 Å². The Bertz CT molecular complexity index is 1010. The summed E-state index contributed by atoms with van der Waals surface area (Å²) in [5.41, 5.74) is 1.49. The van der Waals surface area contributed by atoms with Crippen LogP contribution < -0.4 is 0 Å². The van der Waals surface area contributed by atoms with Crippen LogP contribution in [0.2, 0.25) is 0 Å². The van der Waals surface area contributed by atoms with Crippen molar-refractivity contribution in [3.05, 3.63) is 57.0 Å². The minimum atomic E-state index is -0.486. The predicted octanol–water partition coefficient (Wildman–Crippen LogP) is 5.32. The number of hydrogen-bond acceptors (Lipinski definition) is 4. The average Bonchev–Trinajstić information content (AvgIpc) is 2.84. The van der Waals surface area contributed by atoms with Crippen LogP contribution in [0.4, 0.5) is 5.69 Å². The maximum absolute atomic E-state index is 12.3. The molecular formula is C18H16Br2N4O2. The molecule has 26 heavy (non-hydrogen) atoms. The molecule has 0 spiro atoms. The standard InChI is InChI=1S/C18H16Br2N4O2/c1-23(2)10-24-15-8-7-11(19)9-13(15)16(18(24)26)21-22-17(25)12-5-3-4-6-14(12)20/h3-9,26H,10H2,1-2H3. The fraction of sp³-hybridized carbons (Fsp3) is 0.167. The highest BCUT2D eigenvalue weighted by atomic mass is 79.9. The maximum atomic E-state index is 12.3. The summed E-state index contributed by atoms with van der Waals surface area (Å²) < 4.78 is 3.21. The SMILES string of the molecule is CN(C)Cn1c(O)c(N=NC(=O)c2ccccc2Br)c2cc(Br)ccc21. The fourth-order valence-corrected chi connectivity index (χ4v) is 3.42. The van der Waals surface area contributed by atoms with Gasteiger partial charge in [-0.3, -0.25) is 14.3 Å². The van der Waals surface area contributed by atoms with Crippen LogP contribution in [-0.4, -0.2) is 34.6 Å². The molecule has 6 nitrogen and oxygen atoms in total. The number of fused-ring (bicyclic) bond motifs is 1. The lowest BCUT2D eigenvalue weighted by atomic mass is 10.2. The molecule has 8 heteroatoms. The molecule has 0 saturated heterocycles. The second-order valence-corrected chi connectivity index (χ2v) is 7.74. The van der Waals surface area contributed by atoms with Gasteiger partial charge in [0, 0.05) is 14.3 Å². The number of carbonyl (C=O) groups is 1. The van der Waals surface area contributed by atoms with E-state index >= 15 is 0 Å². The van der Waals surface area contributed by atoms with Gasteiger partial charge in [-0.15, -0.1) is 10.2 Å². The number of rotatable bonds is 4. The van der Waals surface area contributed by atoms with Gasteiger partial charge in [-0.05, 0) is 60.4 Å². The highest BCUT2D eigenvalue weighted by molar-refractivity contribution is 9.10. The zero-order chi connectivity index (χ0) is 18.8. The van der Waals surface area contributed by atoms with E-state index in [2.05, 4.69) is 42.1 Å². The van der Waals surface area contributed by atoms with Crippen molar-refractivity contribution in [3.63, 3.8) is 0 Å². The molecule has 134 valence electrons. The summed E-state index contributed by atoms with van der Waals surface area (Å²) in [7, 11) is 3.81. The van der Waals surface area contributed by atoms with Gasteiger partial charge in [0.25, 0.3) is 5.91 Å². The molecule has 1 aromatic heterocycles. The minimum absolute atomic E-state index is 0.0320. The van der Waals surface area contributed by atoms with E-state index < -0.39 is 5.91 Å². The summed E-state index contributed by atoms with van der Waals surface area (Å²) in [6.07, 6.45) is 0.